The molecule has 0 heterocycles. The van der Waals surface area contributed by atoms with E-state index in [0.717, 1.165) is 4.47 Å². The van der Waals surface area contributed by atoms with Gasteiger partial charge >= 0.3 is 0 Å². The second-order valence-electron chi connectivity index (χ2n) is 3.88. The summed E-state index contributed by atoms with van der Waals surface area (Å²) >= 11 is 3.30. The molecule has 94 valence electrons. The van der Waals surface area contributed by atoms with Crippen LogP contribution in [0.5, 0.6) is 0 Å². The summed E-state index contributed by atoms with van der Waals surface area (Å²) in [5, 5.41) is 11.4. The summed E-state index contributed by atoms with van der Waals surface area (Å²) < 4.78 is 0.727. The van der Waals surface area contributed by atoms with E-state index in [1.807, 2.05) is 6.07 Å². The molecular formula is C14H10BrN3O. The molecule has 0 fully saturated rings. The molecule has 2 aromatic carbocycles. The smallest absolute Gasteiger partial charge is 0.255 e. The van der Waals surface area contributed by atoms with Gasteiger partial charge in [0.15, 0.2) is 0 Å². The maximum absolute atomic E-state index is 12.0. The molecule has 0 atom stereocenters. The first-order chi connectivity index (χ1) is 9.10. The zero-order chi connectivity index (χ0) is 13.8. The fraction of sp³-hybridized carbons (Fsp3) is 0. The Morgan fingerprint density at radius 2 is 1.89 bits per heavy atom. The van der Waals surface area contributed by atoms with E-state index in [4.69, 9.17) is 11.0 Å². The van der Waals surface area contributed by atoms with Gasteiger partial charge in [0.2, 0.25) is 0 Å². The van der Waals surface area contributed by atoms with Crippen molar-refractivity contribution in [3.05, 3.63) is 58.1 Å². The molecule has 0 aliphatic rings. The number of nitrogens with zero attached hydrogens (tertiary/aromatic N) is 1. The molecule has 5 heteroatoms. The summed E-state index contributed by atoms with van der Waals surface area (Å²) in [4.78, 5) is 12.0. The number of nitrogens with one attached hydrogen (secondary N) is 1. The molecule has 19 heavy (non-hydrogen) atoms. The topological polar surface area (TPSA) is 78.9 Å². The molecule has 2 rings (SSSR count). The largest absolute Gasteiger partial charge is 0.398 e. The average molecular weight is 316 g/mol. The van der Waals surface area contributed by atoms with Gasteiger partial charge in [-0.1, -0.05) is 0 Å². The number of carbonyl (C=O) groups is 1. The van der Waals surface area contributed by atoms with E-state index in [-0.39, 0.29) is 5.91 Å². The van der Waals surface area contributed by atoms with Crippen LogP contribution in [0.4, 0.5) is 11.4 Å². The first kappa shape index (κ1) is 13.1. The fourth-order valence-corrected chi connectivity index (χ4v) is 1.88. The minimum Gasteiger partial charge on any atom is -0.398 e. The zero-order valence-corrected chi connectivity index (χ0v) is 11.4. The van der Waals surface area contributed by atoms with Crippen LogP contribution < -0.4 is 11.1 Å². The third-order valence-corrected chi connectivity index (χ3v) is 3.22. The number of benzene rings is 2. The molecule has 0 aliphatic carbocycles. The van der Waals surface area contributed by atoms with Crippen LogP contribution in [0, 0.1) is 11.3 Å². The molecule has 1 amide bonds. The quantitative estimate of drug-likeness (QED) is 0.835. The summed E-state index contributed by atoms with van der Waals surface area (Å²) in [7, 11) is 0. The maximum Gasteiger partial charge on any atom is 0.255 e. The minimum absolute atomic E-state index is 0.235. The molecule has 0 saturated heterocycles. The Bertz CT molecular complexity index is 659. The summed E-state index contributed by atoms with van der Waals surface area (Å²) in [5.74, 6) is -0.235. The van der Waals surface area contributed by atoms with Crippen molar-refractivity contribution < 1.29 is 4.79 Å². The van der Waals surface area contributed by atoms with Crippen LogP contribution in [0.15, 0.2) is 46.9 Å². The van der Waals surface area contributed by atoms with Crippen LogP contribution in [0.3, 0.4) is 0 Å². The van der Waals surface area contributed by atoms with Crippen LogP contribution in [0.1, 0.15) is 15.9 Å². The molecule has 0 bridgehead atoms. The number of nitrogens with two attached hydrogens (primary N) is 1. The van der Waals surface area contributed by atoms with Crippen molar-refractivity contribution in [1.82, 2.24) is 0 Å². The van der Waals surface area contributed by atoms with Gasteiger partial charge in [-0.3, -0.25) is 4.79 Å². The molecule has 0 aliphatic heterocycles. The van der Waals surface area contributed by atoms with Gasteiger partial charge in [0.1, 0.15) is 0 Å². The number of carbonyl (C=O) groups excluding carboxylic acids is 1. The van der Waals surface area contributed by atoms with Crippen molar-refractivity contribution >= 4 is 33.2 Å². The number of nitrogen functional groups attached to an aromatic ring is 1. The van der Waals surface area contributed by atoms with E-state index in [0.29, 0.717) is 22.5 Å². The summed E-state index contributed by atoms with van der Waals surface area (Å²) in [6.45, 7) is 0. The molecule has 2 aromatic rings. The van der Waals surface area contributed by atoms with Gasteiger partial charge in [-0.2, -0.15) is 5.26 Å². The first-order valence-corrected chi connectivity index (χ1v) is 6.26. The Kier molecular flexibility index (Phi) is 3.83. The maximum atomic E-state index is 12.0. The van der Waals surface area contributed by atoms with Gasteiger partial charge in [-0.15, -0.1) is 0 Å². The van der Waals surface area contributed by atoms with E-state index in [9.17, 15) is 4.79 Å². The zero-order valence-electron chi connectivity index (χ0n) is 9.85. The lowest BCUT2D eigenvalue weighted by molar-refractivity contribution is 0.102. The Hall–Kier alpha value is -2.32. The fourth-order valence-electron chi connectivity index (χ4n) is 1.50. The van der Waals surface area contributed by atoms with Crippen molar-refractivity contribution in [3.8, 4) is 6.07 Å². The Morgan fingerprint density at radius 1 is 1.21 bits per heavy atom. The normalized spacial score (nSPS) is 9.68. The lowest BCUT2D eigenvalue weighted by atomic mass is 10.1. The monoisotopic (exact) mass is 315 g/mol. The third-order valence-electron chi connectivity index (χ3n) is 2.53. The lowest BCUT2D eigenvalue weighted by Gasteiger charge is -2.07. The molecular weight excluding hydrogens is 306 g/mol. The van der Waals surface area contributed by atoms with E-state index in [1.54, 1.807) is 42.5 Å². The molecule has 0 unspecified atom stereocenters. The Morgan fingerprint density at radius 3 is 2.47 bits per heavy atom. The van der Waals surface area contributed by atoms with Gasteiger partial charge in [0.05, 0.1) is 11.6 Å². The Balaban J connectivity index is 2.16. The summed E-state index contributed by atoms with van der Waals surface area (Å²) in [6, 6.07) is 13.6. The molecule has 0 saturated carbocycles. The predicted molar refractivity (Wildman–Crippen MR) is 77.7 cm³/mol. The molecule has 3 N–H and O–H groups in total. The van der Waals surface area contributed by atoms with E-state index in [2.05, 4.69) is 21.2 Å². The number of anilines is 2. The second kappa shape index (κ2) is 5.55. The first-order valence-electron chi connectivity index (χ1n) is 5.46. The highest BCUT2D eigenvalue weighted by molar-refractivity contribution is 9.10. The summed E-state index contributed by atoms with van der Waals surface area (Å²) in [6.07, 6.45) is 0. The van der Waals surface area contributed by atoms with Gasteiger partial charge in [-0.05, 0) is 58.4 Å². The molecule has 0 spiro atoms. The highest BCUT2D eigenvalue weighted by Gasteiger charge is 2.07. The molecule has 4 nitrogen and oxygen atoms in total. The number of halogens is 1. The van der Waals surface area contributed by atoms with Crippen LogP contribution >= 0.6 is 15.9 Å². The second-order valence-corrected chi connectivity index (χ2v) is 4.73. The van der Waals surface area contributed by atoms with Crippen molar-refractivity contribution in [2.45, 2.75) is 0 Å². The van der Waals surface area contributed by atoms with Crippen molar-refractivity contribution in [2.75, 3.05) is 11.1 Å². The van der Waals surface area contributed by atoms with E-state index >= 15 is 0 Å². The van der Waals surface area contributed by atoms with Gasteiger partial charge in [0, 0.05) is 21.4 Å². The number of amides is 1. The minimum atomic E-state index is -0.235. The van der Waals surface area contributed by atoms with Crippen LogP contribution in [-0.2, 0) is 0 Å². The SMILES string of the molecule is N#Cc1ccc(C(=O)Nc2ccc(N)c(Br)c2)cc1. The highest BCUT2D eigenvalue weighted by atomic mass is 79.9. The number of hydrogen-bond acceptors (Lipinski definition) is 3. The highest BCUT2D eigenvalue weighted by Crippen LogP contribution is 2.23. The van der Waals surface area contributed by atoms with Crippen molar-refractivity contribution in [2.24, 2.45) is 0 Å². The Labute approximate surface area is 119 Å². The van der Waals surface area contributed by atoms with E-state index in [1.165, 1.54) is 0 Å². The van der Waals surface area contributed by atoms with Crippen molar-refractivity contribution in [3.63, 3.8) is 0 Å². The van der Waals surface area contributed by atoms with Gasteiger partial charge < -0.3 is 11.1 Å². The molecule has 0 radical (unpaired) electrons. The number of hydrogen-bond donors (Lipinski definition) is 2. The van der Waals surface area contributed by atoms with Crippen molar-refractivity contribution in [1.29, 1.82) is 5.26 Å². The average Bonchev–Trinajstić information content (AvgIpc) is 2.43. The molecule has 0 aromatic heterocycles. The van der Waals surface area contributed by atoms with Gasteiger partial charge in [0.25, 0.3) is 5.91 Å². The summed E-state index contributed by atoms with van der Waals surface area (Å²) in [5.41, 5.74) is 7.94. The van der Waals surface area contributed by atoms with Crippen LogP contribution in [-0.4, -0.2) is 5.91 Å². The number of rotatable bonds is 2. The predicted octanol–water partition coefficient (Wildman–Crippen LogP) is 3.16. The van der Waals surface area contributed by atoms with Crippen LogP contribution in [0.25, 0.3) is 0 Å². The van der Waals surface area contributed by atoms with Crippen LogP contribution in [0.2, 0.25) is 0 Å². The van der Waals surface area contributed by atoms with E-state index < -0.39 is 0 Å². The third kappa shape index (κ3) is 3.12. The van der Waals surface area contributed by atoms with Gasteiger partial charge in [-0.25, -0.2) is 0 Å². The standard InChI is InChI=1S/C14H10BrN3O/c15-12-7-11(5-6-13(12)17)18-14(19)10-3-1-9(8-16)2-4-10/h1-7H,17H2,(H,18,19). The number of nitriles is 1. The lowest BCUT2D eigenvalue weighted by Crippen LogP contribution is -2.11.